The van der Waals surface area contributed by atoms with Gasteiger partial charge >= 0.3 is 0 Å². The van der Waals surface area contributed by atoms with Crippen LogP contribution in [0.5, 0.6) is 0 Å². The van der Waals surface area contributed by atoms with Gasteiger partial charge in [-0.1, -0.05) is 0 Å². The molecule has 1 aliphatic carbocycles. The van der Waals surface area contributed by atoms with Gasteiger partial charge in [-0.3, -0.25) is 14.7 Å². The summed E-state index contributed by atoms with van der Waals surface area (Å²) in [5.41, 5.74) is 1.44. The monoisotopic (exact) mass is 303 g/mol. The number of piperazine rings is 1. The van der Waals surface area contributed by atoms with Crippen LogP contribution < -0.4 is 5.32 Å². The number of hydrogen-bond donors (Lipinski definition) is 2. The second kappa shape index (κ2) is 5.39. The Hall–Kier alpha value is -1.89. The molecule has 0 bridgehead atoms. The van der Waals surface area contributed by atoms with Gasteiger partial charge in [-0.25, -0.2) is 0 Å². The van der Waals surface area contributed by atoms with E-state index in [2.05, 4.69) is 15.5 Å². The number of aromatic nitrogens is 2. The van der Waals surface area contributed by atoms with Gasteiger partial charge < -0.3 is 15.1 Å². The van der Waals surface area contributed by atoms with Crippen LogP contribution in [-0.4, -0.2) is 70.6 Å². The standard InChI is InChI=1S/C15H21N5O2/c21-14-9-19(5-6-20(14)11-1-2-11)15(22)13-7-12(17-18-13)10-3-4-16-8-10/h7,10-11,16H,1-6,8-9H2,(H,17,18). The van der Waals surface area contributed by atoms with E-state index in [1.54, 1.807) is 4.90 Å². The number of nitrogens with zero attached hydrogens (tertiary/aromatic N) is 3. The van der Waals surface area contributed by atoms with Gasteiger partial charge in [0.1, 0.15) is 12.2 Å². The highest BCUT2D eigenvalue weighted by molar-refractivity contribution is 5.95. The zero-order valence-corrected chi connectivity index (χ0v) is 12.5. The molecule has 3 heterocycles. The Balaban J connectivity index is 1.42. The Kier molecular flexibility index (Phi) is 3.37. The van der Waals surface area contributed by atoms with E-state index in [0.29, 0.717) is 30.7 Å². The summed E-state index contributed by atoms with van der Waals surface area (Å²) in [5, 5.41) is 10.4. The number of amides is 2. The maximum atomic E-state index is 12.5. The molecule has 1 saturated carbocycles. The van der Waals surface area contributed by atoms with Crippen LogP contribution in [0.1, 0.15) is 41.4 Å². The summed E-state index contributed by atoms with van der Waals surface area (Å²) in [4.78, 5) is 28.2. The minimum absolute atomic E-state index is 0.0675. The maximum absolute atomic E-state index is 12.5. The van der Waals surface area contributed by atoms with E-state index in [1.807, 2.05) is 11.0 Å². The lowest BCUT2D eigenvalue weighted by Crippen LogP contribution is -2.52. The molecular formula is C15H21N5O2. The molecule has 22 heavy (non-hydrogen) atoms. The van der Waals surface area contributed by atoms with Crippen molar-refractivity contribution in [1.29, 1.82) is 0 Å². The molecule has 0 spiro atoms. The second-order valence-corrected chi connectivity index (χ2v) is 6.44. The highest BCUT2D eigenvalue weighted by atomic mass is 16.2. The topological polar surface area (TPSA) is 81.3 Å². The van der Waals surface area contributed by atoms with Gasteiger partial charge in [0.25, 0.3) is 5.91 Å². The van der Waals surface area contributed by atoms with Crippen LogP contribution in [0.3, 0.4) is 0 Å². The van der Waals surface area contributed by atoms with Crippen LogP contribution in [0.4, 0.5) is 0 Å². The summed E-state index contributed by atoms with van der Waals surface area (Å²) in [7, 11) is 0. The number of aromatic amines is 1. The molecule has 2 saturated heterocycles. The van der Waals surface area contributed by atoms with Crippen LogP contribution in [0.15, 0.2) is 6.07 Å². The molecule has 0 radical (unpaired) electrons. The molecule has 1 aromatic rings. The summed E-state index contributed by atoms with van der Waals surface area (Å²) in [6.07, 6.45) is 3.28. The Morgan fingerprint density at radius 2 is 2.14 bits per heavy atom. The number of carbonyl (C=O) groups excluding carboxylic acids is 2. The molecule has 4 rings (SSSR count). The minimum atomic E-state index is -0.141. The molecule has 1 atom stereocenters. The fourth-order valence-electron chi connectivity index (χ4n) is 3.37. The Labute approximate surface area is 129 Å². The molecular weight excluding hydrogens is 282 g/mol. The van der Waals surface area contributed by atoms with Gasteiger partial charge in [0.05, 0.1) is 0 Å². The molecule has 2 amide bonds. The second-order valence-electron chi connectivity index (χ2n) is 6.44. The van der Waals surface area contributed by atoms with E-state index in [9.17, 15) is 9.59 Å². The molecule has 3 fully saturated rings. The van der Waals surface area contributed by atoms with Gasteiger partial charge in [0.2, 0.25) is 5.91 Å². The highest BCUT2D eigenvalue weighted by Crippen LogP contribution is 2.28. The zero-order valence-electron chi connectivity index (χ0n) is 12.5. The smallest absolute Gasteiger partial charge is 0.274 e. The highest BCUT2D eigenvalue weighted by Gasteiger charge is 2.37. The van der Waals surface area contributed by atoms with Crippen molar-refractivity contribution in [1.82, 2.24) is 25.3 Å². The zero-order chi connectivity index (χ0) is 15.1. The number of hydrogen-bond acceptors (Lipinski definition) is 4. The average Bonchev–Trinajstić information content (AvgIpc) is 3.03. The van der Waals surface area contributed by atoms with Crippen molar-refractivity contribution in [3.8, 4) is 0 Å². The van der Waals surface area contributed by atoms with Crippen molar-refractivity contribution < 1.29 is 9.59 Å². The molecule has 7 heteroatoms. The van der Waals surface area contributed by atoms with Crippen molar-refractivity contribution in [2.45, 2.75) is 31.2 Å². The van der Waals surface area contributed by atoms with Crippen molar-refractivity contribution in [3.63, 3.8) is 0 Å². The third kappa shape index (κ3) is 2.49. The van der Waals surface area contributed by atoms with Gasteiger partial charge in [0, 0.05) is 37.3 Å². The summed E-state index contributed by atoms with van der Waals surface area (Å²) < 4.78 is 0. The predicted octanol–water partition coefficient (Wildman–Crippen LogP) is -0.0666. The molecule has 1 unspecified atom stereocenters. The Bertz CT molecular complexity index is 589. The number of nitrogens with one attached hydrogen (secondary N) is 2. The van der Waals surface area contributed by atoms with E-state index in [1.165, 1.54) is 0 Å². The molecule has 3 aliphatic rings. The lowest BCUT2D eigenvalue weighted by atomic mass is 10.0. The fourth-order valence-corrected chi connectivity index (χ4v) is 3.37. The van der Waals surface area contributed by atoms with E-state index >= 15 is 0 Å². The predicted molar refractivity (Wildman–Crippen MR) is 79.5 cm³/mol. The molecule has 2 N–H and O–H groups in total. The first-order valence-corrected chi connectivity index (χ1v) is 8.07. The third-order valence-corrected chi connectivity index (χ3v) is 4.85. The first-order chi connectivity index (χ1) is 10.7. The number of rotatable bonds is 3. The van der Waals surface area contributed by atoms with Crippen LogP contribution >= 0.6 is 0 Å². The third-order valence-electron chi connectivity index (χ3n) is 4.85. The van der Waals surface area contributed by atoms with Gasteiger partial charge in [0.15, 0.2) is 0 Å². The summed E-state index contributed by atoms with van der Waals surface area (Å²) in [5.74, 6) is 0.331. The first-order valence-electron chi connectivity index (χ1n) is 8.07. The fraction of sp³-hybridized carbons (Fsp3) is 0.667. The largest absolute Gasteiger partial charge is 0.336 e. The maximum Gasteiger partial charge on any atom is 0.274 e. The van der Waals surface area contributed by atoms with Crippen LogP contribution in [0.25, 0.3) is 0 Å². The summed E-state index contributed by atoms with van der Waals surface area (Å²) in [6.45, 7) is 3.37. The van der Waals surface area contributed by atoms with Crippen LogP contribution in [0.2, 0.25) is 0 Å². The molecule has 118 valence electrons. The minimum Gasteiger partial charge on any atom is -0.336 e. The molecule has 1 aromatic heterocycles. The molecule has 0 aromatic carbocycles. The van der Waals surface area contributed by atoms with E-state index in [0.717, 1.165) is 38.0 Å². The van der Waals surface area contributed by atoms with Gasteiger partial charge in [-0.15, -0.1) is 0 Å². The van der Waals surface area contributed by atoms with Crippen molar-refractivity contribution in [2.24, 2.45) is 0 Å². The number of H-pyrrole nitrogens is 1. The Morgan fingerprint density at radius 3 is 2.82 bits per heavy atom. The molecule has 7 nitrogen and oxygen atoms in total. The Morgan fingerprint density at radius 1 is 1.27 bits per heavy atom. The molecule has 2 aliphatic heterocycles. The van der Waals surface area contributed by atoms with Crippen molar-refractivity contribution in [2.75, 3.05) is 32.7 Å². The lowest BCUT2D eigenvalue weighted by molar-refractivity contribution is -0.135. The van der Waals surface area contributed by atoms with Crippen molar-refractivity contribution >= 4 is 11.8 Å². The number of carbonyl (C=O) groups is 2. The van der Waals surface area contributed by atoms with E-state index < -0.39 is 0 Å². The average molecular weight is 303 g/mol. The summed E-state index contributed by atoms with van der Waals surface area (Å²) in [6, 6.07) is 2.27. The van der Waals surface area contributed by atoms with Crippen LogP contribution in [-0.2, 0) is 4.79 Å². The first kappa shape index (κ1) is 13.8. The van der Waals surface area contributed by atoms with Gasteiger partial charge in [-0.05, 0) is 31.9 Å². The van der Waals surface area contributed by atoms with E-state index in [4.69, 9.17) is 0 Å². The van der Waals surface area contributed by atoms with E-state index in [-0.39, 0.29) is 18.4 Å². The van der Waals surface area contributed by atoms with Gasteiger partial charge in [-0.2, -0.15) is 5.10 Å². The van der Waals surface area contributed by atoms with Crippen LogP contribution in [0, 0.1) is 0 Å². The SMILES string of the molecule is O=C(c1cc(C2CCNC2)[nH]n1)N1CCN(C2CC2)C(=O)C1. The lowest BCUT2D eigenvalue weighted by Gasteiger charge is -2.34. The van der Waals surface area contributed by atoms with Crippen molar-refractivity contribution in [3.05, 3.63) is 17.5 Å². The summed E-state index contributed by atoms with van der Waals surface area (Å²) >= 11 is 0. The quantitative estimate of drug-likeness (QED) is 0.819. The normalized spacial score (nSPS) is 25.8.